The van der Waals surface area contributed by atoms with Crippen LogP contribution in [-0.4, -0.2) is 9.55 Å². The maximum absolute atomic E-state index is 9.86. The van der Waals surface area contributed by atoms with E-state index in [0.29, 0.717) is 5.56 Å². The number of para-hydroxylation sites is 2. The number of rotatable bonds is 4. The minimum atomic E-state index is -0.158. The molecule has 0 saturated carbocycles. The maximum atomic E-state index is 9.86. The third kappa shape index (κ3) is 4.48. The number of benzene rings is 7. The second-order valence-corrected chi connectivity index (χ2v) is 14.3. The lowest BCUT2D eigenvalue weighted by molar-refractivity contribution is 0.666. The molecular weight excluding hydrogens is 631 g/mol. The van der Waals surface area contributed by atoms with Crippen LogP contribution >= 0.6 is 0 Å². The van der Waals surface area contributed by atoms with Gasteiger partial charge in [0.05, 0.1) is 33.9 Å². The molecule has 0 aliphatic heterocycles. The molecule has 0 radical (unpaired) electrons. The van der Waals surface area contributed by atoms with E-state index in [1.165, 1.54) is 38.5 Å². The van der Waals surface area contributed by atoms with E-state index < -0.39 is 0 Å². The van der Waals surface area contributed by atoms with Crippen molar-refractivity contribution in [2.45, 2.75) is 19.3 Å². The van der Waals surface area contributed by atoms with Gasteiger partial charge in [0.2, 0.25) is 0 Å². The molecule has 52 heavy (non-hydrogen) atoms. The summed E-state index contributed by atoms with van der Waals surface area (Å²) in [5.41, 5.74) is 16.5. The molecule has 7 aromatic carbocycles. The zero-order valence-electron chi connectivity index (χ0n) is 28.9. The average Bonchev–Trinajstić information content (AvgIpc) is 3.66. The molecule has 0 atom stereocenters. The van der Waals surface area contributed by atoms with Crippen molar-refractivity contribution in [2.75, 3.05) is 0 Å². The van der Waals surface area contributed by atoms with Crippen LogP contribution in [0.5, 0.6) is 0 Å². The molecule has 3 heteroatoms. The van der Waals surface area contributed by atoms with Crippen LogP contribution in [0.1, 0.15) is 30.5 Å². The Labute approximate surface area is 302 Å². The zero-order valence-corrected chi connectivity index (χ0v) is 28.9. The smallest absolute Gasteiger partial charge is 0.0991 e. The highest BCUT2D eigenvalue weighted by Gasteiger charge is 2.38. The lowest BCUT2D eigenvalue weighted by Gasteiger charge is -2.22. The van der Waals surface area contributed by atoms with Crippen LogP contribution in [0.3, 0.4) is 0 Å². The van der Waals surface area contributed by atoms with Crippen LogP contribution in [0.15, 0.2) is 164 Å². The first-order chi connectivity index (χ1) is 25.5. The Kier molecular flexibility index (Phi) is 6.59. The third-order valence-corrected chi connectivity index (χ3v) is 11.0. The fourth-order valence-corrected chi connectivity index (χ4v) is 8.61. The average molecular weight is 664 g/mol. The van der Waals surface area contributed by atoms with E-state index in [9.17, 15) is 5.26 Å². The van der Waals surface area contributed by atoms with Crippen molar-refractivity contribution in [2.24, 2.45) is 0 Å². The molecule has 0 bridgehead atoms. The first-order valence-electron chi connectivity index (χ1n) is 17.8. The molecule has 0 N–H and O–H groups in total. The van der Waals surface area contributed by atoms with Gasteiger partial charge in [-0.15, -0.1) is 0 Å². The van der Waals surface area contributed by atoms with Crippen molar-refractivity contribution in [1.82, 2.24) is 9.55 Å². The van der Waals surface area contributed by atoms with Gasteiger partial charge in [0.25, 0.3) is 0 Å². The van der Waals surface area contributed by atoms with Gasteiger partial charge in [0, 0.05) is 32.8 Å². The van der Waals surface area contributed by atoms with Crippen molar-refractivity contribution < 1.29 is 0 Å². The number of aromatic nitrogens is 2. The molecule has 3 nitrogen and oxygen atoms in total. The molecule has 0 unspecified atom stereocenters. The summed E-state index contributed by atoms with van der Waals surface area (Å²) in [7, 11) is 0. The van der Waals surface area contributed by atoms with Crippen LogP contribution in [0, 0.1) is 11.3 Å². The van der Waals surface area contributed by atoms with Gasteiger partial charge in [0.15, 0.2) is 0 Å². The Morgan fingerprint density at radius 3 is 2.13 bits per heavy atom. The highest BCUT2D eigenvalue weighted by Crippen LogP contribution is 2.53. The van der Waals surface area contributed by atoms with E-state index in [4.69, 9.17) is 4.98 Å². The number of fused-ring (bicyclic) bond motifs is 8. The van der Waals surface area contributed by atoms with Gasteiger partial charge in [-0.2, -0.15) is 5.26 Å². The molecule has 1 aliphatic carbocycles. The minimum Gasteiger partial charge on any atom is -0.309 e. The summed E-state index contributed by atoms with van der Waals surface area (Å²) < 4.78 is 2.44. The van der Waals surface area contributed by atoms with Crippen LogP contribution in [0.2, 0.25) is 0 Å². The Hall–Kier alpha value is -6.76. The third-order valence-electron chi connectivity index (χ3n) is 11.0. The number of hydrogen-bond acceptors (Lipinski definition) is 2. The van der Waals surface area contributed by atoms with Crippen molar-refractivity contribution in [1.29, 1.82) is 5.26 Å². The Balaban J connectivity index is 1.30. The van der Waals surface area contributed by atoms with E-state index in [2.05, 4.69) is 164 Å². The van der Waals surface area contributed by atoms with Gasteiger partial charge in [-0.25, -0.2) is 4.98 Å². The lowest BCUT2D eigenvalue weighted by atomic mass is 9.80. The van der Waals surface area contributed by atoms with Gasteiger partial charge in [0.1, 0.15) is 0 Å². The van der Waals surface area contributed by atoms with E-state index in [0.717, 1.165) is 55.6 Å². The standard InChI is InChI=1S/C49H33N3/c1-49(2)42-20-9-6-17-37(42)39-23-24-46-47(48(39)49)40-19-8-11-22-45(40)52(46)36-27-34(33-16-12-13-31(25-33)30-50)26-35(28-36)41-29-44(32-14-4-3-5-15-32)51-43-21-10-7-18-38(41)43/h3-29H,1-2H3. The summed E-state index contributed by atoms with van der Waals surface area (Å²) in [4.78, 5) is 5.11. The maximum Gasteiger partial charge on any atom is 0.0991 e. The molecule has 0 spiro atoms. The Morgan fingerprint density at radius 2 is 1.27 bits per heavy atom. The second-order valence-electron chi connectivity index (χ2n) is 14.3. The van der Waals surface area contributed by atoms with E-state index in [-0.39, 0.29) is 5.41 Å². The van der Waals surface area contributed by atoms with E-state index in [1.54, 1.807) is 0 Å². The van der Waals surface area contributed by atoms with Gasteiger partial charge in [-0.3, -0.25) is 0 Å². The van der Waals surface area contributed by atoms with Crippen LogP contribution < -0.4 is 0 Å². The summed E-state index contributed by atoms with van der Waals surface area (Å²) in [5, 5.41) is 13.5. The SMILES string of the molecule is CC1(C)c2ccccc2-c2ccc3c(c21)c1ccccc1n3-c1cc(-c2cccc(C#N)c2)cc(-c2cc(-c3ccccc3)nc3ccccc23)c1. The summed E-state index contributed by atoms with van der Waals surface area (Å²) in [5.74, 6) is 0. The first kappa shape index (κ1) is 30.1. The molecular formula is C49H33N3. The molecule has 2 heterocycles. The quantitative estimate of drug-likeness (QED) is 0.188. The van der Waals surface area contributed by atoms with Crippen molar-refractivity contribution >= 4 is 32.7 Å². The fraction of sp³-hybridized carbons (Fsp3) is 0.0612. The summed E-state index contributed by atoms with van der Waals surface area (Å²) in [6, 6.07) is 60.5. The minimum absolute atomic E-state index is 0.158. The zero-order chi connectivity index (χ0) is 35.0. The van der Waals surface area contributed by atoms with E-state index in [1.807, 2.05) is 24.3 Å². The van der Waals surface area contributed by atoms with Gasteiger partial charge in [-0.05, 0) is 99.1 Å². The molecule has 244 valence electrons. The Morgan fingerprint density at radius 1 is 0.538 bits per heavy atom. The lowest BCUT2D eigenvalue weighted by Crippen LogP contribution is -2.15. The van der Waals surface area contributed by atoms with Crippen molar-refractivity contribution in [3.63, 3.8) is 0 Å². The van der Waals surface area contributed by atoms with Crippen LogP contribution in [0.4, 0.5) is 0 Å². The highest BCUT2D eigenvalue weighted by atomic mass is 15.0. The molecule has 0 amide bonds. The number of hydrogen-bond donors (Lipinski definition) is 0. The van der Waals surface area contributed by atoms with Crippen molar-refractivity contribution in [3.8, 4) is 56.4 Å². The van der Waals surface area contributed by atoms with Crippen molar-refractivity contribution in [3.05, 3.63) is 180 Å². The monoisotopic (exact) mass is 663 g/mol. The molecule has 2 aromatic heterocycles. The first-order valence-corrected chi connectivity index (χ1v) is 17.8. The topological polar surface area (TPSA) is 41.6 Å². The number of nitrogens with zero attached hydrogens (tertiary/aromatic N) is 3. The Bertz CT molecular complexity index is 2940. The van der Waals surface area contributed by atoms with Gasteiger partial charge in [-0.1, -0.05) is 123 Å². The second kappa shape index (κ2) is 11.4. The van der Waals surface area contributed by atoms with Gasteiger partial charge < -0.3 is 4.57 Å². The van der Waals surface area contributed by atoms with Crippen LogP contribution in [-0.2, 0) is 5.41 Å². The molecule has 0 saturated heterocycles. The molecule has 1 aliphatic rings. The molecule has 10 rings (SSSR count). The largest absolute Gasteiger partial charge is 0.309 e. The van der Waals surface area contributed by atoms with Gasteiger partial charge >= 0.3 is 0 Å². The number of pyridine rings is 1. The fourth-order valence-electron chi connectivity index (χ4n) is 8.61. The summed E-state index contributed by atoms with van der Waals surface area (Å²) in [6.07, 6.45) is 0. The molecule has 0 fully saturated rings. The normalized spacial score (nSPS) is 12.9. The predicted molar refractivity (Wildman–Crippen MR) is 215 cm³/mol. The van der Waals surface area contributed by atoms with E-state index >= 15 is 0 Å². The number of nitriles is 1. The highest BCUT2D eigenvalue weighted by molar-refractivity contribution is 6.14. The predicted octanol–water partition coefficient (Wildman–Crippen LogP) is 12.5. The van der Waals surface area contributed by atoms with Crippen LogP contribution in [0.25, 0.3) is 83.0 Å². The summed E-state index contributed by atoms with van der Waals surface area (Å²) in [6.45, 7) is 4.73. The molecule has 9 aromatic rings. The summed E-state index contributed by atoms with van der Waals surface area (Å²) >= 11 is 0.